The molecule has 3 aromatic rings. The molecular formula is C33H40ClN3O2. The Bertz CT molecular complexity index is 1300. The predicted molar refractivity (Wildman–Crippen MR) is 159 cm³/mol. The second-order valence-electron chi connectivity index (χ2n) is 11.4. The SMILES string of the molecule is CCN(Cc1ccc(Cl)cc1)C[C@@H]1CCN(CCC=C2c3cc(C(C)(C)O)ccc3OCc3ncccc32)C1. The molecular weight excluding hydrogens is 506 g/mol. The Balaban J connectivity index is 1.26. The van der Waals surface area contributed by atoms with Crippen LogP contribution in [-0.2, 0) is 18.8 Å². The maximum Gasteiger partial charge on any atom is 0.131 e. The van der Waals surface area contributed by atoms with Gasteiger partial charge >= 0.3 is 0 Å². The molecule has 0 saturated carbocycles. The lowest BCUT2D eigenvalue weighted by atomic mass is 9.90. The van der Waals surface area contributed by atoms with Crippen LogP contribution >= 0.6 is 11.6 Å². The van der Waals surface area contributed by atoms with E-state index in [1.165, 1.54) is 12.0 Å². The Hall–Kier alpha value is -2.70. The van der Waals surface area contributed by atoms with Gasteiger partial charge in [-0.05, 0) is 92.7 Å². The minimum atomic E-state index is -0.922. The first kappa shape index (κ1) is 27.9. The summed E-state index contributed by atoms with van der Waals surface area (Å²) in [7, 11) is 0. The van der Waals surface area contributed by atoms with Crippen molar-refractivity contribution in [1.82, 2.24) is 14.8 Å². The zero-order valence-electron chi connectivity index (χ0n) is 23.4. The van der Waals surface area contributed by atoms with Crippen LogP contribution in [0.4, 0.5) is 0 Å². The highest BCUT2D eigenvalue weighted by atomic mass is 35.5. The number of aromatic nitrogens is 1. The van der Waals surface area contributed by atoms with E-state index in [1.54, 1.807) is 0 Å². The highest BCUT2D eigenvalue weighted by Gasteiger charge is 2.26. The lowest BCUT2D eigenvalue weighted by molar-refractivity contribution is 0.0785. The van der Waals surface area contributed by atoms with Gasteiger partial charge in [-0.3, -0.25) is 9.88 Å². The summed E-state index contributed by atoms with van der Waals surface area (Å²) in [5, 5.41) is 11.5. The standard InChI is InChI=1S/C33H40ClN3O2/c1-4-36(20-24-9-12-27(34)13-10-24)21-25-15-18-37(22-25)17-6-8-28-29-7-5-16-35-31(29)23-39-32-14-11-26(19-30(28)32)33(2,3)38/h5,7-14,16,19,25,38H,4,6,15,17-18,20-23H2,1-3H3/t25-/m0/s1. The summed E-state index contributed by atoms with van der Waals surface area (Å²) >= 11 is 6.07. The molecule has 0 spiro atoms. The number of hydrogen-bond donors (Lipinski definition) is 1. The van der Waals surface area contributed by atoms with Crippen LogP contribution in [0, 0.1) is 5.92 Å². The van der Waals surface area contributed by atoms with Crippen LogP contribution in [0.25, 0.3) is 5.57 Å². The third kappa shape index (κ3) is 6.90. The summed E-state index contributed by atoms with van der Waals surface area (Å²) in [6.07, 6.45) is 6.36. The van der Waals surface area contributed by atoms with Crippen molar-refractivity contribution in [2.45, 2.75) is 52.4 Å². The van der Waals surface area contributed by atoms with E-state index in [0.29, 0.717) is 12.5 Å². The highest BCUT2D eigenvalue weighted by Crippen LogP contribution is 2.38. The van der Waals surface area contributed by atoms with Crippen molar-refractivity contribution < 1.29 is 9.84 Å². The van der Waals surface area contributed by atoms with E-state index < -0.39 is 5.60 Å². The van der Waals surface area contributed by atoms with Gasteiger partial charge in [-0.2, -0.15) is 0 Å². The molecule has 1 saturated heterocycles. The first-order chi connectivity index (χ1) is 18.8. The van der Waals surface area contributed by atoms with Gasteiger partial charge in [0.1, 0.15) is 12.4 Å². The number of fused-ring (bicyclic) bond motifs is 2. The molecule has 1 fully saturated rings. The predicted octanol–water partition coefficient (Wildman–Crippen LogP) is 6.52. The summed E-state index contributed by atoms with van der Waals surface area (Å²) in [5.41, 5.74) is 5.52. The van der Waals surface area contributed by atoms with Crippen molar-refractivity contribution in [2.75, 3.05) is 32.7 Å². The first-order valence-corrected chi connectivity index (χ1v) is 14.5. The van der Waals surface area contributed by atoms with Crippen LogP contribution in [0.3, 0.4) is 0 Å². The fraction of sp³-hybridized carbons (Fsp3) is 0.424. The van der Waals surface area contributed by atoms with Crippen molar-refractivity contribution in [2.24, 2.45) is 5.92 Å². The first-order valence-electron chi connectivity index (χ1n) is 14.1. The van der Waals surface area contributed by atoms with Crippen molar-refractivity contribution in [3.8, 4) is 5.75 Å². The van der Waals surface area contributed by atoms with Crippen LogP contribution in [-0.4, -0.2) is 52.6 Å². The van der Waals surface area contributed by atoms with Gasteiger partial charge in [-0.25, -0.2) is 0 Å². The molecule has 3 heterocycles. The van der Waals surface area contributed by atoms with Crippen LogP contribution in [0.1, 0.15) is 61.6 Å². The minimum absolute atomic E-state index is 0.445. The highest BCUT2D eigenvalue weighted by molar-refractivity contribution is 6.30. The maximum atomic E-state index is 10.7. The monoisotopic (exact) mass is 545 g/mol. The molecule has 2 aliphatic rings. The number of ether oxygens (including phenoxy) is 1. The fourth-order valence-electron chi connectivity index (χ4n) is 5.73. The third-order valence-electron chi connectivity index (χ3n) is 7.97. The number of rotatable bonds is 9. The lowest BCUT2D eigenvalue weighted by Crippen LogP contribution is -2.31. The molecule has 206 valence electrons. The van der Waals surface area contributed by atoms with Gasteiger partial charge in [-0.15, -0.1) is 0 Å². The van der Waals surface area contributed by atoms with E-state index in [0.717, 1.165) is 84.4 Å². The Morgan fingerprint density at radius 1 is 1.15 bits per heavy atom. The zero-order valence-corrected chi connectivity index (χ0v) is 24.1. The second-order valence-corrected chi connectivity index (χ2v) is 11.8. The fourth-order valence-corrected chi connectivity index (χ4v) is 5.86. The molecule has 0 amide bonds. The second kappa shape index (κ2) is 12.2. The molecule has 1 N–H and O–H groups in total. The van der Waals surface area contributed by atoms with Gasteiger partial charge in [0, 0.05) is 48.5 Å². The molecule has 5 nitrogen and oxygen atoms in total. The van der Waals surface area contributed by atoms with Crippen molar-refractivity contribution in [3.05, 3.63) is 99.8 Å². The summed E-state index contributed by atoms with van der Waals surface area (Å²) in [5.74, 6) is 1.53. The molecule has 2 aliphatic heterocycles. The molecule has 0 unspecified atom stereocenters. The number of hydrogen-bond acceptors (Lipinski definition) is 5. The number of pyridine rings is 1. The summed E-state index contributed by atoms with van der Waals surface area (Å²) in [6, 6.07) is 18.4. The maximum absolute atomic E-state index is 10.7. The van der Waals surface area contributed by atoms with Crippen molar-refractivity contribution in [1.29, 1.82) is 0 Å². The van der Waals surface area contributed by atoms with Gasteiger partial charge < -0.3 is 14.7 Å². The van der Waals surface area contributed by atoms with Crippen LogP contribution in [0.2, 0.25) is 5.02 Å². The zero-order chi connectivity index (χ0) is 27.4. The lowest BCUT2D eigenvalue weighted by Gasteiger charge is -2.24. The number of benzene rings is 2. The molecule has 0 bridgehead atoms. The van der Waals surface area contributed by atoms with E-state index >= 15 is 0 Å². The van der Waals surface area contributed by atoms with Gasteiger partial charge in [0.2, 0.25) is 0 Å². The topological polar surface area (TPSA) is 48.8 Å². The van der Waals surface area contributed by atoms with Crippen molar-refractivity contribution >= 4 is 17.2 Å². The Kier molecular flexibility index (Phi) is 8.73. The normalized spacial score (nSPS) is 18.6. The smallest absolute Gasteiger partial charge is 0.131 e. The van der Waals surface area contributed by atoms with Crippen LogP contribution < -0.4 is 4.74 Å². The Labute approximate surface area is 238 Å². The average molecular weight is 546 g/mol. The van der Waals surface area contributed by atoms with Crippen LogP contribution in [0.15, 0.2) is 66.9 Å². The quantitative estimate of drug-likeness (QED) is 0.332. The molecule has 1 aromatic heterocycles. The van der Waals surface area contributed by atoms with Gasteiger partial charge in [0.25, 0.3) is 0 Å². The van der Waals surface area contributed by atoms with Gasteiger partial charge in [0.15, 0.2) is 0 Å². The number of halogens is 1. The molecule has 5 rings (SSSR count). The summed E-state index contributed by atoms with van der Waals surface area (Å²) < 4.78 is 6.16. The molecule has 0 aliphatic carbocycles. The number of likely N-dealkylation sites (tertiary alicyclic amines) is 1. The van der Waals surface area contributed by atoms with E-state index in [1.807, 2.05) is 50.4 Å². The Morgan fingerprint density at radius 2 is 1.97 bits per heavy atom. The molecule has 6 heteroatoms. The number of aliphatic hydroxyl groups is 1. The molecule has 0 radical (unpaired) electrons. The Morgan fingerprint density at radius 3 is 2.74 bits per heavy atom. The van der Waals surface area contributed by atoms with Gasteiger partial charge in [-0.1, -0.05) is 48.9 Å². The summed E-state index contributed by atoms with van der Waals surface area (Å²) in [4.78, 5) is 9.76. The van der Waals surface area contributed by atoms with Gasteiger partial charge in [0.05, 0.1) is 11.3 Å². The molecule has 1 atom stereocenters. The third-order valence-corrected chi connectivity index (χ3v) is 8.22. The average Bonchev–Trinajstić information content (AvgIpc) is 3.31. The van der Waals surface area contributed by atoms with Crippen molar-refractivity contribution in [3.63, 3.8) is 0 Å². The van der Waals surface area contributed by atoms with Crippen LogP contribution in [0.5, 0.6) is 5.75 Å². The van der Waals surface area contributed by atoms with E-state index in [-0.39, 0.29) is 0 Å². The van der Waals surface area contributed by atoms with E-state index in [9.17, 15) is 5.11 Å². The van der Waals surface area contributed by atoms with E-state index in [2.05, 4.69) is 52.0 Å². The number of nitrogens with zero attached hydrogens (tertiary/aromatic N) is 3. The van der Waals surface area contributed by atoms with E-state index in [4.69, 9.17) is 16.3 Å². The minimum Gasteiger partial charge on any atom is -0.487 e. The summed E-state index contributed by atoms with van der Waals surface area (Å²) in [6.45, 7) is 12.8. The molecule has 2 aromatic carbocycles. The molecule has 39 heavy (non-hydrogen) atoms. The largest absolute Gasteiger partial charge is 0.487 e.